The van der Waals surface area contributed by atoms with E-state index in [4.69, 9.17) is 14.5 Å². The molecular weight excluding hydrogens is 368 g/mol. The van der Waals surface area contributed by atoms with E-state index in [0.717, 1.165) is 43.5 Å². The predicted molar refractivity (Wildman–Crippen MR) is 111 cm³/mol. The first kappa shape index (κ1) is 19.8. The van der Waals surface area contributed by atoms with Crippen molar-refractivity contribution in [3.63, 3.8) is 0 Å². The zero-order chi connectivity index (χ0) is 20.1. The first-order valence-electron chi connectivity index (χ1n) is 10.3. The number of hydrogen-bond acceptors (Lipinski definition) is 6. The normalized spacial score (nSPS) is 24.4. The lowest BCUT2D eigenvalue weighted by Gasteiger charge is -2.49. The van der Waals surface area contributed by atoms with E-state index in [2.05, 4.69) is 27.3 Å². The number of methoxy groups -OCH3 is 1. The second-order valence-corrected chi connectivity index (χ2v) is 7.74. The van der Waals surface area contributed by atoms with Gasteiger partial charge in [-0.1, -0.05) is 43.2 Å². The van der Waals surface area contributed by atoms with E-state index in [0.29, 0.717) is 19.1 Å². The van der Waals surface area contributed by atoms with Crippen molar-refractivity contribution < 1.29 is 14.3 Å². The Morgan fingerprint density at radius 2 is 2.17 bits per heavy atom. The molecular formula is C22H28N4O3. The fraction of sp³-hybridized carbons (Fsp3) is 0.500. The van der Waals surface area contributed by atoms with Crippen LogP contribution in [-0.4, -0.2) is 60.9 Å². The Morgan fingerprint density at radius 3 is 3.00 bits per heavy atom. The summed E-state index contributed by atoms with van der Waals surface area (Å²) in [6.45, 7) is 2.07. The van der Waals surface area contributed by atoms with E-state index in [1.165, 1.54) is 7.11 Å². The lowest BCUT2D eigenvalue weighted by Crippen LogP contribution is -2.64. The summed E-state index contributed by atoms with van der Waals surface area (Å²) in [5.74, 6) is 0.614. The second kappa shape index (κ2) is 8.88. The fourth-order valence-electron chi connectivity index (χ4n) is 4.39. The highest BCUT2D eigenvalue weighted by Gasteiger charge is 2.46. The molecule has 1 aliphatic carbocycles. The molecule has 7 heteroatoms. The smallest absolute Gasteiger partial charge is 0.246 e. The summed E-state index contributed by atoms with van der Waals surface area (Å²) in [7, 11) is 1.53. The highest BCUT2D eigenvalue weighted by molar-refractivity contribution is 5.77. The number of carbonyl (C=O) groups is 1. The molecule has 1 saturated heterocycles. The molecule has 1 aliphatic heterocycles. The minimum Gasteiger partial charge on any atom is -0.375 e. The van der Waals surface area contributed by atoms with Gasteiger partial charge in [0.2, 0.25) is 11.9 Å². The SMILES string of the molecule is COCC(=O)N[C@@H]1CCCC[C@]12CN(c1nccc(-c3ccccc3)n1)CCO2. The number of nitrogens with one attached hydrogen (secondary N) is 1. The molecule has 4 rings (SSSR count). The van der Waals surface area contributed by atoms with Crippen molar-refractivity contribution in [2.75, 3.05) is 38.3 Å². The number of carbonyl (C=O) groups excluding carboxylic acids is 1. The molecule has 2 fully saturated rings. The van der Waals surface area contributed by atoms with E-state index in [9.17, 15) is 4.79 Å². The number of benzene rings is 1. The van der Waals surface area contributed by atoms with Crippen LogP contribution in [0.4, 0.5) is 5.95 Å². The third-order valence-electron chi connectivity index (χ3n) is 5.79. The van der Waals surface area contributed by atoms with E-state index in [-0.39, 0.29) is 18.6 Å². The summed E-state index contributed by atoms with van der Waals surface area (Å²) in [6, 6.07) is 12.0. The molecule has 2 aliphatic rings. The number of rotatable bonds is 5. The van der Waals surface area contributed by atoms with Gasteiger partial charge in [0.1, 0.15) is 12.2 Å². The summed E-state index contributed by atoms with van der Waals surface area (Å²) >= 11 is 0. The van der Waals surface area contributed by atoms with Crippen molar-refractivity contribution in [2.45, 2.75) is 37.3 Å². The maximum Gasteiger partial charge on any atom is 0.246 e. The molecule has 2 aromatic rings. The van der Waals surface area contributed by atoms with Gasteiger partial charge in [-0.15, -0.1) is 0 Å². The van der Waals surface area contributed by atoms with Gasteiger partial charge in [-0.05, 0) is 18.9 Å². The van der Waals surface area contributed by atoms with Gasteiger partial charge in [0, 0.05) is 25.4 Å². The van der Waals surface area contributed by atoms with Gasteiger partial charge in [-0.3, -0.25) is 4.79 Å². The molecule has 154 valence electrons. The molecule has 1 saturated carbocycles. The Kier molecular flexibility index (Phi) is 6.06. The van der Waals surface area contributed by atoms with Crippen LogP contribution in [0.1, 0.15) is 25.7 Å². The Hall–Kier alpha value is -2.51. The average Bonchev–Trinajstić information content (AvgIpc) is 2.77. The average molecular weight is 396 g/mol. The summed E-state index contributed by atoms with van der Waals surface area (Å²) in [5.41, 5.74) is 1.57. The number of amides is 1. The maximum absolute atomic E-state index is 12.2. The summed E-state index contributed by atoms with van der Waals surface area (Å²) in [6.07, 6.45) is 5.82. The molecule has 2 atom stereocenters. The predicted octanol–water partition coefficient (Wildman–Crippen LogP) is 2.42. The van der Waals surface area contributed by atoms with Crippen molar-refractivity contribution in [1.29, 1.82) is 0 Å². The van der Waals surface area contributed by atoms with E-state index in [1.54, 1.807) is 0 Å². The van der Waals surface area contributed by atoms with Crippen LogP contribution in [0.25, 0.3) is 11.3 Å². The van der Waals surface area contributed by atoms with Crippen LogP contribution in [0.3, 0.4) is 0 Å². The van der Waals surface area contributed by atoms with E-state index < -0.39 is 5.60 Å². The lowest BCUT2D eigenvalue weighted by atomic mass is 9.79. The molecule has 29 heavy (non-hydrogen) atoms. The molecule has 0 unspecified atom stereocenters. The van der Waals surface area contributed by atoms with Crippen LogP contribution in [-0.2, 0) is 14.3 Å². The van der Waals surface area contributed by atoms with E-state index >= 15 is 0 Å². The number of anilines is 1. The topological polar surface area (TPSA) is 76.6 Å². The van der Waals surface area contributed by atoms with Gasteiger partial charge < -0.3 is 19.7 Å². The zero-order valence-corrected chi connectivity index (χ0v) is 16.8. The molecule has 1 aromatic heterocycles. The zero-order valence-electron chi connectivity index (χ0n) is 16.8. The molecule has 1 aromatic carbocycles. The van der Waals surface area contributed by atoms with Crippen LogP contribution in [0.15, 0.2) is 42.6 Å². The molecule has 2 heterocycles. The van der Waals surface area contributed by atoms with Crippen LogP contribution in [0.5, 0.6) is 0 Å². The number of morpholine rings is 1. The summed E-state index contributed by atoms with van der Waals surface area (Å²) in [4.78, 5) is 23.7. The molecule has 0 radical (unpaired) electrons. The largest absolute Gasteiger partial charge is 0.375 e. The summed E-state index contributed by atoms with van der Waals surface area (Å²) < 4.78 is 11.3. The number of ether oxygens (including phenoxy) is 2. The van der Waals surface area contributed by atoms with Gasteiger partial charge >= 0.3 is 0 Å². The molecule has 7 nitrogen and oxygen atoms in total. The Labute approximate surface area is 171 Å². The second-order valence-electron chi connectivity index (χ2n) is 7.74. The van der Waals surface area contributed by atoms with Gasteiger partial charge in [-0.2, -0.15) is 0 Å². The van der Waals surface area contributed by atoms with Crippen molar-refractivity contribution in [3.05, 3.63) is 42.6 Å². The van der Waals surface area contributed by atoms with Crippen LogP contribution in [0, 0.1) is 0 Å². The Morgan fingerprint density at radius 1 is 1.31 bits per heavy atom. The molecule has 1 amide bonds. The number of hydrogen-bond donors (Lipinski definition) is 1. The standard InChI is InChI=1S/C22H28N4O3/c1-28-15-20(27)25-19-9-5-6-11-22(19)16-26(13-14-29-22)21-23-12-10-18(24-21)17-7-3-2-4-8-17/h2-4,7-8,10,12,19H,5-6,9,11,13-16H2,1H3,(H,25,27)/t19-,22+/m1/s1. The third kappa shape index (κ3) is 4.41. The highest BCUT2D eigenvalue weighted by atomic mass is 16.5. The van der Waals surface area contributed by atoms with Gasteiger partial charge in [0.05, 0.1) is 24.9 Å². The third-order valence-corrected chi connectivity index (χ3v) is 5.79. The Bertz CT molecular complexity index is 828. The fourth-order valence-corrected chi connectivity index (χ4v) is 4.39. The van der Waals surface area contributed by atoms with Gasteiger partial charge in [0.15, 0.2) is 0 Å². The minimum atomic E-state index is -0.411. The Balaban J connectivity index is 1.55. The van der Waals surface area contributed by atoms with Gasteiger partial charge in [0.25, 0.3) is 0 Å². The summed E-state index contributed by atoms with van der Waals surface area (Å²) in [5, 5.41) is 3.13. The van der Waals surface area contributed by atoms with Crippen molar-refractivity contribution >= 4 is 11.9 Å². The van der Waals surface area contributed by atoms with Crippen molar-refractivity contribution in [1.82, 2.24) is 15.3 Å². The van der Waals surface area contributed by atoms with Crippen LogP contribution in [0.2, 0.25) is 0 Å². The molecule has 0 bridgehead atoms. The monoisotopic (exact) mass is 396 g/mol. The first-order valence-corrected chi connectivity index (χ1v) is 10.3. The van der Waals surface area contributed by atoms with Gasteiger partial charge in [-0.25, -0.2) is 9.97 Å². The highest BCUT2D eigenvalue weighted by Crippen LogP contribution is 2.36. The first-order chi connectivity index (χ1) is 14.2. The van der Waals surface area contributed by atoms with Crippen LogP contribution < -0.4 is 10.2 Å². The van der Waals surface area contributed by atoms with Crippen molar-refractivity contribution in [2.24, 2.45) is 0 Å². The minimum absolute atomic E-state index is 0.0287. The number of nitrogens with zero attached hydrogens (tertiary/aromatic N) is 3. The lowest BCUT2D eigenvalue weighted by molar-refractivity contribution is -0.134. The molecule has 1 N–H and O–H groups in total. The quantitative estimate of drug-likeness (QED) is 0.837. The maximum atomic E-state index is 12.2. The van der Waals surface area contributed by atoms with Crippen LogP contribution >= 0.6 is 0 Å². The molecule has 1 spiro atoms. The van der Waals surface area contributed by atoms with Crippen molar-refractivity contribution in [3.8, 4) is 11.3 Å². The number of aromatic nitrogens is 2. The van der Waals surface area contributed by atoms with E-state index in [1.807, 2.05) is 30.5 Å².